The van der Waals surface area contributed by atoms with Crippen LogP contribution in [0.4, 0.5) is 13.2 Å². The Morgan fingerprint density at radius 2 is 2.14 bits per heavy atom. The van der Waals surface area contributed by atoms with Gasteiger partial charge < -0.3 is 10.1 Å². The highest BCUT2D eigenvalue weighted by atomic mass is 32.1. The summed E-state index contributed by atoms with van der Waals surface area (Å²) in [5.41, 5.74) is -0.695. The van der Waals surface area contributed by atoms with E-state index < -0.39 is 17.3 Å². The van der Waals surface area contributed by atoms with E-state index in [0.717, 1.165) is 30.6 Å². The van der Waals surface area contributed by atoms with Crippen molar-refractivity contribution in [3.8, 4) is 0 Å². The number of nitrogens with zero attached hydrogens (tertiary/aromatic N) is 2. The lowest BCUT2D eigenvalue weighted by Gasteiger charge is -2.26. The number of aromatic nitrogens is 2. The van der Waals surface area contributed by atoms with Crippen LogP contribution in [-0.4, -0.2) is 28.8 Å². The number of thiophene rings is 1. The molecule has 2 aromatic heterocycles. The van der Waals surface area contributed by atoms with Crippen LogP contribution >= 0.6 is 11.3 Å². The third-order valence-corrected chi connectivity index (χ3v) is 6.73. The molecule has 1 saturated carbocycles. The lowest BCUT2D eigenvalue weighted by atomic mass is 9.83. The van der Waals surface area contributed by atoms with E-state index in [1.165, 1.54) is 4.68 Å². The Labute approximate surface area is 164 Å². The second kappa shape index (κ2) is 7.51. The average Bonchev–Trinajstić information content (AvgIpc) is 3.40. The van der Waals surface area contributed by atoms with Gasteiger partial charge in [0.05, 0.1) is 25.2 Å². The van der Waals surface area contributed by atoms with Crippen LogP contribution in [-0.2, 0) is 40.7 Å². The van der Waals surface area contributed by atoms with Gasteiger partial charge in [0, 0.05) is 29.1 Å². The van der Waals surface area contributed by atoms with Crippen LogP contribution in [0.5, 0.6) is 0 Å². The summed E-state index contributed by atoms with van der Waals surface area (Å²) in [7, 11) is 0. The smallest absolute Gasteiger partial charge is 0.376 e. The normalized spacial score (nSPS) is 18.8. The Morgan fingerprint density at radius 1 is 1.36 bits per heavy atom. The Balaban J connectivity index is 1.47. The molecule has 152 valence electrons. The summed E-state index contributed by atoms with van der Waals surface area (Å²) in [6, 6.07) is 3.94. The van der Waals surface area contributed by atoms with E-state index in [-0.39, 0.29) is 31.2 Å². The predicted octanol–water partition coefficient (Wildman–Crippen LogP) is 3.66. The Hall–Kier alpha value is -1.87. The molecule has 3 heterocycles. The van der Waals surface area contributed by atoms with Crippen LogP contribution in [0.25, 0.3) is 0 Å². The maximum atomic E-state index is 13.3. The number of nitrogens with one attached hydrogen (secondary N) is 1. The number of ether oxygens (including phenoxy) is 1. The predicted molar refractivity (Wildman–Crippen MR) is 98.1 cm³/mol. The van der Waals surface area contributed by atoms with E-state index >= 15 is 0 Å². The quantitative estimate of drug-likeness (QED) is 0.814. The molecule has 9 heteroatoms. The molecule has 1 aliphatic carbocycles. The van der Waals surface area contributed by atoms with Gasteiger partial charge in [-0.2, -0.15) is 18.3 Å². The van der Waals surface area contributed by atoms with Crippen molar-refractivity contribution < 1.29 is 22.7 Å². The van der Waals surface area contributed by atoms with Gasteiger partial charge >= 0.3 is 6.18 Å². The average molecular weight is 413 g/mol. The Morgan fingerprint density at radius 3 is 2.82 bits per heavy atom. The highest BCUT2D eigenvalue weighted by Gasteiger charge is 2.43. The number of alkyl halides is 3. The number of hydrogen-bond acceptors (Lipinski definition) is 4. The van der Waals surface area contributed by atoms with Crippen LogP contribution < -0.4 is 5.32 Å². The summed E-state index contributed by atoms with van der Waals surface area (Å²) >= 11 is 1.58. The number of carbonyl (C=O) groups excluding carboxylic acids is 1. The molecule has 1 fully saturated rings. The fourth-order valence-corrected chi connectivity index (χ4v) is 5.26. The van der Waals surface area contributed by atoms with E-state index in [9.17, 15) is 18.0 Å². The maximum Gasteiger partial charge on any atom is 0.435 e. The lowest BCUT2D eigenvalue weighted by Crippen LogP contribution is -2.43. The fraction of sp³-hybridized carbons (Fsp3) is 0.579. The van der Waals surface area contributed by atoms with E-state index in [0.29, 0.717) is 18.7 Å². The monoisotopic (exact) mass is 413 g/mol. The minimum atomic E-state index is -4.51. The Bertz CT molecular complexity index is 839. The molecule has 2 aromatic rings. The molecule has 0 unspecified atom stereocenters. The van der Waals surface area contributed by atoms with Crippen molar-refractivity contribution in [2.24, 2.45) is 0 Å². The van der Waals surface area contributed by atoms with Crippen LogP contribution in [0.1, 0.15) is 47.5 Å². The highest BCUT2D eigenvalue weighted by Crippen LogP contribution is 2.43. The second-order valence-corrected chi connectivity index (χ2v) is 8.27. The van der Waals surface area contributed by atoms with Gasteiger partial charge in [-0.3, -0.25) is 9.48 Å². The molecule has 0 saturated heterocycles. The minimum Gasteiger partial charge on any atom is -0.376 e. The second-order valence-electron chi connectivity index (χ2n) is 7.32. The van der Waals surface area contributed by atoms with Crippen molar-refractivity contribution in [1.29, 1.82) is 0 Å². The molecule has 0 atom stereocenters. The first-order valence-corrected chi connectivity index (χ1v) is 10.4. The molecular formula is C19H22F3N3O2S. The molecule has 4 rings (SSSR count). The van der Waals surface area contributed by atoms with Gasteiger partial charge in [-0.25, -0.2) is 0 Å². The van der Waals surface area contributed by atoms with Crippen LogP contribution in [0.15, 0.2) is 17.5 Å². The van der Waals surface area contributed by atoms with Gasteiger partial charge in [-0.1, -0.05) is 18.9 Å². The third kappa shape index (κ3) is 3.45. The summed E-state index contributed by atoms with van der Waals surface area (Å²) in [5, 5.41) is 8.71. The molecule has 2 aliphatic rings. The van der Waals surface area contributed by atoms with E-state index in [4.69, 9.17) is 4.74 Å². The molecule has 0 spiro atoms. The fourth-order valence-electron chi connectivity index (χ4n) is 4.28. The number of amides is 1. The number of rotatable bonds is 5. The maximum absolute atomic E-state index is 13.3. The number of fused-ring (bicyclic) bond motifs is 1. The molecular weight excluding hydrogens is 391 g/mol. The van der Waals surface area contributed by atoms with Gasteiger partial charge in [0.25, 0.3) is 0 Å². The van der Waals surface area contributed by atoms with Gasteiger partial charge in [0.15, 0.2) is 5.69 Å². The largest absolute Gasteiger partial charge is 0.435 e. The molecule has 0 radical (unpaired) electrons. The molecule has 28 heavy (non-hydrogen) atoms. The Kier molecular flexibility index (Phi) is 5.22. The standard InChI is InChI=1S/C19H22F3N3O2S/c20-19(21,22)16-13-12-27-10-5-14(13)25(24-16)9-8-23-17(26)18(6-1-2-7-18)15-4-3-11-28-15/h3-4,11H,1-2,5-10,12H2,(H,23,26). The van der Waals surface area contributed by atoms with Crippen molar-refractivity contribution in [2.75, 3.05) is 13.2 Å². The van der Waals surface area contributed by atoms with Crippen molar-refractivity contribution in [3.05, 3.63) is 39.3 Å². The molecule has 5 nitrogen and oxygen atoms in total. The lowest BCUT2D eigenvalue weighted by molar-refractivity contribution is -0.142. The van der Waals surface area contributed by atoms with Crippen molar-refractivity contribution in [1.82, 2.24) is 15.1 Å². The van der Waals surface area contributed by atoms with Crippen molar-refractivity contribution >= 4 is 17.2 Å². The summed E-state index contributed by atoms with van der Waals surface area (Å²) in [4.78, 5) is 14.0. The van der Waals surface area contributed by atoms with Gasteiger partial charge in [-0.15, -0.1) is 11.3 Å². The van der Waals surface area contributed by atoms with Gasteiger partial charge in [0.1, 0.15) is 0 Å². The molecule has 1 aliphatic heterocycles. The number of carbonyl (C=O) groups is 1. The summed E-state index contributed by atoms with van der Waals surface area (Å²) in [5.74, 6) is -0.0344. The number of halogens is 3. The first-order chi connectivity index (χ1) is 13.4. The van der Waals surface area contributed by atoms with Crippen LogP contribution in [0.2, 0.25) is 0 Å². The molecule has 1 N–H and O–H groups in total. The topological polar surface area (TPSA) is 56.2 Å². The molecule has 1 amide bonds. The van der Waals surface area contributed by atoms with Gasteiger partial charge in [-0.05, 0) is 24.3 Å². The van der Waals surface area contributed by atoms with E-state index in [1.807, 2.05) is 17.5 Å². The zero-order chi connectivity index (χ0) is 19.8. The first kappa shape index (κ1) is 19.4. The molecule has 0 aromatic carbocycles. The minimum absolute atomic E-state index is 0.0344. The van der Waals surface area contributed by atoms with E-state index in [2.05, 4.69) is 10.4 Å². The highest BCUT2D eigenvalue weighted by molar-refractivity contribution is 7.10. The van der Waals surface area contributed by atoms with Crippen molar-refractivity contribution in [2.45, 2.75) is 56.8 Å². The SMILES string of the molecule is O=C(NCCn1nc(C(F)(F)F)c2c1CCOC2)C1(c2cccs2)CCCC1. The van der Waals surface area contributed by atoms with E-state index in [1.54, 1.807) is 11.3 Å². The molecule has 0 bridgehead atoms. The summed E-state index contributed by atoms with van der Waals surface area (Å²) in [6.45, 7) is 0.769. The summed E-state index contributed by atoms with van der Waals surface area (Å²) in [6.07, 6.45) is -0.476. The first-order valence-electron chi connectivity index (χ1n) is 9.47. The zero-order valence-electron chi connectivity index (χ0n) is 15.3. The zero-order valence-corrected chi connectivity index (χ0v) is 16.2. The van der Waals surface area contributed by atoms with Crippen LogP contribution in [0, 0.1) is 0 Å². The number of hydrogen-bond donors (Lipinski definition) is 1. The van der Waals surface area contributed by atoms with Crippen LogP contribution in [0.3, 0.4) is 0 Å². The summed E-state index contributed by atoms with van der Waals surface area (Å²) < 4.78 is 46.3. The van der Waals surface area contributed by atoms with Crippen molar-refractivity contribution in [3.63, 3.8) is 0 Å². The third-order valence-electron chi connectivity index (χ3n) is 5.66. The van der Waals surface area contributed by atoms with Gasteiger partial charge in [0.2, 0.25) is 5.91 Å².